The van der Waals surface area contributed by atoms with Crippen LogP contribution in [-0.2, 0) is 11.2 Å². The summed E-state index contributed by atoms with van der Waals surface area (Å²) in [6.07, 6.45) is 0.512. The second kappa shape index (κ2) is 7.09. The maximum Gasteiger partial charge on any atom is 0.224 e. The van der Waals surface area contributed by atoms with Crippen molar-refractivity contribution in [3.05, 3.63) is 58.9 Å². The van der Waals surface area contributed by atoms with Crippen LogP contribution in [0.25, 0.3) is 0 Å². The highest BCUT2D eigenvalue weighted by Gasteiger charge is 2.09. The first kappa shape index (κ1) is 15.3. The lowest BCUT2D eigenvalue weighted by molar-refractivity contribution is -0.116. The highest BCUT2D eigenvalue weighted by molar-refractivity contribution is 6.31. The van der Waals surface area contributed by atoms with E-state index in [1.807, 2.05) is 0 Å². The summed E-state index contributed by atoms with van der Waals surface area (Å²) >= 11 is 5.89. The van der Waals surface area contributed by atoms with Crippen LogP contribution in [0.15, 0.2) is 42.5 Å². The highest BCUT2D eigenvalue weighted by atomic mass is 35.5. The Morgan fingerprint density at radius 1 is 1.29 bits per heavy atom. The van der Waals surface area contributed by atoms with Crippen molar-refractivity contribution in [2.75, 3.05) is 12.4 Å². The van der Waals surface area contributed by atoms with E-state index in [9.17, 15) is 9.18 Å². The molecule has 0 aromatic heterocycles. The number of hydrogen-bond donors (Lipinski definition) is 1. The molecular formula is C16H15ClFNO2. The van der Waals surface area contributed by atoms with Gasteiger partial charge in [-0.3, -0.25) is 4.79 Å². The number of methoxy groups -OCH3 is 1. The fraction of sp³-hybridized carbons (Fsp3) is 0.188. The number of hydrogen-bond acceptors (Lipinski definition) is 2. The minimum atomic E-state index is -0.300. The van der Waals surface area contributed by atoms with E-state index in [-0.39, 0.29) is 18.1 Å². The molecule has 0 saturated heterocycles. The Bertz CT molecular complexity index is 646. The zero-order valence-electron chi connectivity index (χ0n) is 11.5. The van der Waals surface area contributed by atoms with Crippen LogP contribution >= 0.6 is 11.6 Å². The molecule has 5 heteroatoms. The summed E-state index contributed by atoms with van der Waals surface area (Å²) in [4.78, 5) is 11.9. The monoisotopic (exact) mass is 307 g/mol. The van der Waals surface area contributed by atoms with E-state index in [4.69, 9.17) is 16.3 Å². The van der Waals surface area contributed by atoms with Gasteiger partial charge in [0.2, 0.25) is 5.91 Å². The van der Waals surface area contributed by atoms with Crippen LogP contribution < -0.4 is 10.1 Å². The van der Waals surface area contributed by atoms with Crippen molar-refractivity contribution < 1.29 is 13.9 Å². The standard InChI is InChI=1S/C16H15ClFNO2/c1-21-15-8-7-12(17)10-14(15)19-16(20)9-6-11-4-2-3-5-13(11)18/h2-5,7-8,10H,6,9H2,1H3,(H,19,20). The summed E-state index contributed by atoms with van der Waals surface area (Å²) in [5.41, 5.74) is 1.02. The van der Waals surface area contributed by atoms with Gasteiger partial charge in [0, 0.05) is 11.4 Å². The number of benzene rings is 2. The first-order valence-corrected chi connectivity index (χ1v) is 6.84. The van der Waals surface area contributed by atoms with Gasteiger partial charge in [0.25, 0.3) is 0 Å². The molecule has 0 atom stereocenters. The van der Waals surface area contributed by atoms with Gasteiger partial charge in [-0.05, 0) is 36.2 Å². The lowest BCUT2D eigenvalue weighted by atomic mass is 10.1. The molecule has 2 aromatic carbocycles. The predicted octanol–water partition coefficient (Wildman–Crippen LogP) is 4.06. The maximum absolute atomic E-state index is 13.5. The maximum atomic E-state index is 13.5. The van der Waals surface area contributed by atoms with Gasteiger partial charge < -0.3 is 10.1 Å². The quantitative estimate of drug-likeness (QED) is 0.904. The van der Waals surface area contributed by atoms with E-state index < -0.39 is 0 Å². The summed E-state index contributed by atoms with van der Waals surface area (Å²) in [7, 11) is 1.51. The SMILES string of the molecule is COc1ccc(Cl)cc1NC(=O)CCc1ccccc1F. The van der Waals surface area contributed by atoms with Crippen molar-refractivity contribution in [3.63, 3.8) is 0 Å². The van der Waals surface area contributed by atoms with Crippen LogP contribution in [-0.4, -0.2) is 13.0 Å². The van der Waals surface area contributed by atoms with E-state index >= 15 is 0 Å². The molecular weight excluding hydrogens is 293 g/mol. The van der Waals surface area contributed by atoms with Gasteiger partial charge in [-0.1, -0.05) is 29.8 Å². The Morgan fingerprint density at radius 2 is 2.05 bits per heavy atom. The molecule has 21 heavy (non-hydrogen) atoms. The molecule has 0 fully saturated rings. The van der Waals surface area contributed by atoms with Crippen molar-refractivity contribution in [1.29, 1.82) is 0 Å². The number of rotatable bonds is 5. The summed E-state index contributed by atoms with van der Waals surface area (Å²) in [5, 5.41) is 3.22. The first-order valence-electron chi connectivity index (χ1n) is 6.47. The van der Waals surface area contributed by atoms with Gasteiger partial charge in [0.05, 0.1) is 12.8 Å². The molecule has 1 N–H and O–H groups in total. The number of amides is 1. The van der Waals surface area contributed by atoms with Crippen LogP contribution in [0, 0.1) is 5.82 Å². The zero-order valence-corrected chi connectivity index (χ0v) is 12.3. The van der Waals surface area contributed by atoms with Gasteiger partial charge in [0.1, 0.15) is 11.6 Å². The number of anilines is 1. The van der Waals surface area contributed by atoms with Crippen LogP contribution in [0.4, 0.5) is 10.1 Å². The van der Waals surface area contributed by atoms with E-state index in [1.165, 1.54) is 13.2 Å². The molecule has 0 aliphatic rings. The number of aryl methyl sites for hydroxylation is 1. The fourth-order valence-corrected chi connectivity index (χ4v) is 2.11. The van der Waals surface area contributed by atoms with Crippen LogP contribution in [0.2, 0.25) is 5.02 Å². The Labute approximate surface area is 127 Å². The average molecular weight is 308 g/mol. The van der Waals surface area contributed by atoms with E-state index in [0.717, 1.165) is 0 Å². The predicted molar refractivity (Wildman–Crippen MR) is 81.4 cm³/mol. The van der Waals surface area contributed by atoms with Gasteiger partial charge in [-0.25, -0.2) is 4.39 Å². The Kier molecular flexibility index (Phi) is 5.17. The van der Waals surface area contributed by atoms with Crippen molar-refractivity contribution in [2.24, 2.45) is 0 Å². The smallest absolute Gasteiger partial charge is 0.224 e. The molecule has 1 amide bonds. The van der Waals surface area contributed by atoms with Gasteiger partial charge in [0.15, 0.2) is 0 Å². The lowest BCUT2D eigenvalue weighted by Gasteiger charge is -2.10. The Morgan fingerprint density at radius 3 is 2.76 bits per heavy atom. The van der Waals surface area contributed by atoms with Gasteiger partial charge in [-0.2, -0.15) is 0 Å². The molecule has 110 valence electrons. The third-order valence-electron chi connectivity index (χ3n) is 3.01. The fourth-order valence-electron chi connectivity index (χ4n) is 1.94. The number of ether oxygens (including phenoxy) is 1. The molecule has 0 aliphatic carbocycles. The number of carbonyl (C=O) groups is 1. The highest BCUT2D eigenvalue weighted by Crippen LogP contribution is 2.27. The Balaban J connectivity index is 1.99. The third-order valence-corrected chi connectivity index (χ3v) is 3.25. The molecule has 0 radical (unpaired) electrons. The minimum absolute atomic E-state index is 0.177. The molecule has 0 unspecified atom stereocenters. The van der Waals surface area contributed by atoms with Crippen molar-refractivity contribution >= 4 is 23.2 Å². The first-order chi connectivity index (χ1) is 10.1. The molecule has 0 saturated carbocycles. The molecule has 3 nitrogen and oxygen atoms in total. The van der Waals surface area contributed by atoms with Gasteiger partial charge in [-0.15, -0.1) is 0 Å². The molecule has 0 heterocycles. The molecule has 0 spiro atoms. The van der Waals surface area contributed by atoms with Gasteiger partial charge >= 0.3 is 0 Å². The second-order valence-corrected chi connectivity index (χ2v) is 4.92. The second-order valence-electron chi connectivity index (χ2n) is 4.48. The van der Waals surface area contributed by atoms with Crippen molar-refractivity contribution in [2.45, 2.75) is 12.8 Å². The normalized spacial score (nSPS) is 10.2. The average Bonchev–Trinajstić information content (AvgIpc) is 2.47. The van der Waals surface area contributed by atoms with E-state index in [0.29, 0.717) is 28.4 Å². The largest absolute Gasteiger partial charge is 0.495 e. The molecule has 0 bridgehead atoms. The summed E-state index contributed by atoms with van der Waals surface area (Å²) < 4.78 is 18.6. The van der Waals surface area contributed by atoms with Crippen LogP contribution in [0.5, 0.6) is 5.75 Å². The summed E-state index contributed by atoms with van der Waals surface area (Å²) in [6.45, 7) is 0. The lowest BCUT2D eigenvalue weighted by Crippen LogP contribution is -2.13. The summed E-state index contributed by atoms with van der Waals surface area (Å²) in [6, 6.07) is 11.4. The Hall–Kier alpha value is -2.07. The zero-order chi connectivity index (χ0) is 15.2. The van der Waals surface area contributed by atoms with Crippen molar-refractivity contribution in [1.82, 2.24) is 0 Å². The summed E-state index contributed by atoms with van der Waals surface area (Å²) in [5.74, 6) is 0.00287. The number of carbonyl (C=O) groups excluding carboxylic acids is 1. The molecule has 2 rings (SSSR count). The molecule has 2 aromatic rings. The third kappa shape index (κ3) is 4.20. The van der Waals surface area contributed by atoms with E-state index in [2.05, 4.69) is 5.32 Å². The number of nitrogens with one attached hydrogen (secondary N) is 1. The van der Waals surface area contributed by atoms with Crippen molar-refractivity contribution in [3.8, 4) is 5.75 Å². The topological polar surface area (TPSA) is 38.3 Å². The number of halogens is 2. The minimum Gasteiger partial charge on any atom is -0.495 e. The van der Waals surface area contributed by atoms with Crippen LogP contribution in [0.3, 0.4) is 0 Å². The van der Waals surface area contributed by atoms with Crippen LogP contribution in [0.1, 0.15) is 12.0 Å². The molecule has 0 aliphatic heterocycles. The van der Waals surface area contributed by atoms with E-state index in [1.54, 1.807) is 36.4 Å².